The van der Waals surface area contributed by atoms with Gasteiger partial charge in [0.25, 0.3) is 0 Å². The van der Waals surface area contributed by atoms with Crippen molar-refractivity contribution in [3.63, 3.8) is 0 Å². The lowest BCUT2D eigenvalue weighted by atomic mass is 10.1. The smallest absolute Gasteiger partial charge is 0.0991 e. The van der Waals surface area contributed by atoms with Crippen LogP contribution >= 0.6 is 0 Å². The summed E-state index contributed by atoms with van der Waals surface area (Å²) in [5.41, 5.74) is 3.86. The molecular weight excluding hydrogens is 254 g/mol. The van der Waals surface area contributed by atoms with E-state index in [1.807, 2.05) is 43.3 Å². The van der Waals surface area contributed by atoms with E-state index in [2.05, 4.69) is 6.07 Å². The lowest BCUT2D eigenvalue weighted by molar-refractivity contribution is 0.682. The number of benzene rings is 2. The Morgan fingerprint density at radius 3 is 2.63 bits per heavy atom. The lowest BCUT2D eigenvalue weighted by Gasteiger charge is -2.06. The van der Waals surface area contributed by atoms with Gasteiger partial charge in [-0.3, -0.25) is 4.21 Å². The minimum atomic E-state index is -0.952. The van der Waals surface area contributed by atoms with Gasteiger partial charge in [-0.1, -0.05) is 36.4 Å². The molecule has 1 unspecified atom stereocenters. The molecule has 2 aromatic carbocycles. The predicted octanol–water partition coefficient (Wildman–Crippen LogP) is 3.32. The molecule has 2 nitrogen and oxygen atoms in total. The molecule has 96 valence electrons. The third kappa shape index (κ3) is 3.77. The number of nitriles is 1. The first kappa shape index (κ1) is 13.5. The van der Waals surface area contributed by atoms with Crippen LogP contribution in [0.15, 0.2) is 48.5 Å². The lowest BCUT2D eigenvalue weighted by Crippen LogP contribution is -2.01. The average molecular weight is 269 g/mol. The minimum absolute atomic E-state index is 0.490. The summed E-state index contributed by atoms with van der Waals surface area (Å²) in [4.78, 5) is 0. The molecule has 0 heterocycles. The molecule has 0 aromatic heterocycles. The van der Waals surface area contributed by atoms with Crippen molar-refractivity contribution < 1.29 is 4.21 Å². The van der Waals surface area contributed by atoms with Gasteiger partial charge in [0.15, 0.2) is 0 Å². The van der Waals surface area contributed by atoms with Crippen LogP contribution in [0, 0.1) is 18.3 Å². The standard InChI is InChI=1S/C16H15NOS/c1-13-5-2-3-8-16(13)12-19(18)11-15-7-4-6-14(9-15)10-17/h2-9H,11-12H2,1H3. The van der Waals surface area contributed by atoms with Crippen molar-refractivity contribution in [2.75, 3.05) is 0 Å². The third-order valence-electron chi connectivity index (χ3n) is 2.96. The van der Waals surface area contributed by atoms with Crippen molar-refractivity contribution in [1.82, 2.24) is 0 Å². The molecule has 19 heavy (non-hydrogen) atoms. The Hall–Kier alpha value is -1.92. The second-order valence-electron chi connectivity index (χ2n) is 4.47. The van der Waals surface area contributed by atoms with Crippen molar-refractivity contribution in [2.24, 2.45) is 0 Å². The van der Waals surface area contributed by atoms with Gasteiger partial charge < -0.3 is 0 Å². The summed E-state index contributed by atoms with van der Waals surface area (Å²) in [6.45, 7) is 2.03. The molecule has 0 saturated carbocycles. The van der Waals surface area contributed by atoms with Crippen molar-refractivity contribution in [3.05, 3.63) is 70.8 Å². The topological polar surface area (TPSA) is 40.9 Å². The summed E-state index contributed by atoms with van der Waals surface area (Å²) in [7, 11) is -0.952. The molecule has 0 aliphatic heterocycles. The second kappa shape index (κ2) is 6.31. The molecule has 0 amide bonds. The normalized spacial score (nSPS) is 11.8. The van der Waals surface area contributed by atoms with Crippen LogP contribution < -0.4 is 0 Å². The molecule has 3 heteroatoms. The van der Waals surface area contributed by atoms with E-state index in [9.17, 15) is 4.21 Å². The highest BCUT2D eigenvalue weighted by Gasteiger charge is 2.06. The monoisotopic (exact) mass is 269 g/mol. The van der Waals surface area contributed by atoms with E-state index in [0.29, 0.717) is 17.1 Å². The highest BCUT2D eigenvalue weighted by Crippen LogP contribution is 2.13. The number of aryl methyl sites for hydroxylation is 1. The molecule has 0 fully saturated rings. The first-order chi connectivity index (χ1) is 9.19. The zero-order valence-electron chi connectivity index (χ0n) is 10.8. The number of nitrogens with zero attached hydrogens (tertiary/aromatic N) is 1. The Morgan fingerprint density at radius 2 is 1.89 bits per heavy atom. The highest BCUT2D eigenvalue weighted by atomic mass is 32.2. The van der Waals surface area contributed by atoms with Gasteiger partial charge in [-0.25, -0.2) is 0 Å². The SMILES string of the molecule is Cc1ccccc1CS(=O)Cc1cccc(C#N)c1. The largest absolute Gasteiger partial charge is 0.259 e. The Labute approximate surface area is 116 Å². The summed E-state index contributed by atoms with van der Waals surface area (Å²) < 4.78 is 12.2. The van der Waals surface area contributed by atoms with Crippen LogP contribution in [0.4, 0.5) is 0 Å². The van der Waals surface area contributed by atoms with Gasteiger partial charge in [0.2, 0.25) is 0 Å². The van der Waals surface area contributed by atoms with Gasteiger partial charge in [0.05, 0.1) is 11.6 Å². The van der Waals surface area contributed by atoms with Crippen LogP contribution in [0.5, 0.6) is 0 Å². The van der Waals surface area contributed by atoms with E-state index in [4.69, 9.17) is 5.26 Å². The van der Waals surface area contributed by atoms with Crippen LogP contribution in [0.1, 0.15) is 22.3 Å². The number of rotatable bonds is 4. The molecule has 2 aromatic rings. The van der Waals surface area contributed by atoms with Gasteiger partial charge in [-0.05, 0) is 35.7 Å². The molecule has 0 radical (unpaired) electrons. The number of hydrogen-bond acceptors (Lipinski definition) is 2. The first-order valence-electron chi connectivity index (χ1n) is 6.07. The molecule has 0 aliphatic rings. The van der Waals surface area contributed by atoms with Crippen molar-refractivity contribution >= 4 is 10.8 Å². The van der Waals surface area contributed by atoms with Crippen LogP contribution in [-0.2, 0) is 22.3 Å². The average Bonchev–Trinajstić information content (AvgIpc) is 2.41. The molecule has 0 spiro atoms. The molecule has 0 saturated heterocycles. The van der Waals surface area contributed by atoms with E-state index in [-0.39, 0.29) is 0 Å². The van der Waals surface area contributed by atoms with Gasteiger partial charge in [0, 0.05) is 22.3 Å². The maximum absolute atomic E-state index is 12.2. The van der Waals surface area contributed by atoms with Crippen LogP contribution in [-0.4, -0.2) is 4.21 Å². The quantitative estimate of drug-likeness (QED) is 0.854. The molecule has 1 atom stereocenters. The first-order valence-corrected chi connectivity index (χ1v) is 7.56. The Bertz CT molecular complexity index is 643. The summed E-state index contributed by atoms with van der Waals surface area (Å²) in [5.74, 6) is 1.05. The van der Waals surface area contributed by atoms with Crippen molar-refractivity contribution in [1.29, 1.82) is 5.26 Å². The third-order valence-corrected chi connectivity index (χ3v) is 4.25. The Morgan fingerprint density at radius 1 is 1.11 bits per heavy atom. The van der Waals surface area contributed by atoms with Gasteiger partial charge in [-0.15, -0.1) is 0 Å². The zero-order chi connectivity index (χ0) is 13.7. The van der Waals surface area contributed by atoms with Crippen LogP contribution in [0.3, 0.4) is 0 Å². The van der Waals surface area contributed by atoms with Crippen LogP contribution in [0.25, 0.3) is 0 Å². The van der Waals surface area contributed by atoms with Gasteiger partial charge in [-0.2, -0.15) is 5.26 Å². The fraction of sp³-hybridized carbons (Fsp3) is 0.188. The molecule has 0 aliphatic carbocycles. The van der Waals surface area contributed by atoms with Gasteiger partial charge >= 0.3 is 0 Å². The minimum Gasteiger partial charge on any atom is -0.259 e. The van der Waals surface area contributed by atoms with E-state index < -0.39 is 10.8 Å². The van der Waals surface area contributed by atoms with Gasteiger partial charge in [0.1, 0.15) is 0 Å². The number of hydrogen-bond donors (Lipinski definition) is 0. The van der Waals surface area contributed by atoms with E-state index >= 15 is 0 Å². The molecule has 0 bridgehead atoms. The van der Waals surface area contributed by atoms with Crippen LogP contribution in [0.2, 0.25) is 0 Å². The molecule has 2 rings (SSSR count). The second-order valence-corrected chi connectivity index (χ2v) is 5.92. The zero-order valence-corrected chi connectivity index (χ0v) is 11.6. The fourth-order valence-corrected chi connectivity index (χ4v) is 3.24. The van der Waals surface area contributed by atoms with Crippen molar-refractivity contribution in [2.45, 2.75) is 18.4 Å². The summed E-state index contributed by atoms with van der Waals surface area (Å²) >= 11 is 0. The Kier molecular flexibility index (Phi) is 4.48. The van der Waals surface area contributed by atoms with E-state index in [0.717, 1.165) is 11.1 Å². The fourth-order valence-electron chi connectivity index (χ4n) is 1.91. The summed E-state index contributed by atoms with van der Waals surface area (Å²) in [6, 6.07) is 17.4. The van der Waals surface area contributed by atoms with E-state index in [1.165, 1.54) is 5.56 Å². The predicted molar refractivity (Wildman–Crippen MR) is 77.9 cm³/mol. The van der Waals surface area contributed by atoms with Crippen molar-refractivity contribution in [3.8, 4) is 6.07 Å². The molecule has 0 N–H and O–H groups in total. The Balaban J connectivity index is 2.06. The molecular formula is C16H15NOS. The van der Waals surface area contributed by atoms with E-state index in [1.54, 1.807) is 12.1 Å². The summed E-state index contributed by atoms with van der Waals surface area (Å²) in [6.07, 6.45) is 0. The summed E-state index contributed by atoms with van der Waals surface area (Å²) in [5, 5.41) is 8.84. The maximum atomic E-state index is 12.2. The highest BCUT2D eigenvalue weighted by molar-refractivity contribution is 7.83. The maximum Gasteiger partial charge on any atom is 0.0991 e.